The minimum Gasteiger partial charge on any atom is -0.378 e. The molecule has 86 valence electrons. The third-order valence-corrected chi connectivity index (χ3v) is 2.99. The van der Waals surface area contributed by atoms with Crippen LogP contribution in [0.2, 0.25) is 0 Å². The van der Waals surface area contributed by atoms with Crippen molar-refractivity contribution in [3.8, 4) is 0 Å². The van der Waals surface area contributed by atoms with E-state index in [0.29, 0.717) is 0 Å². The molecule has 1 aromatic carbocycles. The monoisotopic (exact) mass is 216 g/mol. The van der Waals surface area contributed by atoms with Crippen LogP contribution in [-0.2, 0) is 5.41 Å². The minimum absolute atomic E-state index is 0.184. The summed E-state index contributed by atoms with van der Waals surface area (Å²) in [5.74, 6) is 0. The lowest BCUT2D eigenvalue weighted by molar-refractivity contribution is 0.596. The van der Waals surface area contributed by atoms with Gasteiger partial charge in [-0.15, -0.1) is 0 Å². The molecule has 0 radical (unpaired) electrons. The fourth-order valence-electron chi connectivity index (χ4n) is 2.01. The zero-order chi connectivity index (χ0) is 11.9. The molecule has 0 amide bonds. The van der Waals surface area contributed by atoms with Crippen molar-refractivity contribution >= 4 is 16.6 Å². The Kier molecular flexibility index (Phi) is 2.45. The van der Waals surface area contributed by atoms with Crippen molar-refractivity contribution in [2.75, 3.05) is 19.0 Å². The number of hydrogen-bond acceptors (Lipinski definition) is 1. The zero-order valence-corrected chi connectivity index (χ0v) is 10.8. The Bertz CT molecular complexity index is 501. The third kappa shape index (κ3) is 1.80. The van der Waals surface area contributed by atoms with Gasteiger partial charge in [0.05, 0.1) is 0 Å². The highest BCUT2D eigenvalue weighted by Crippen LogP contribution is 2.31. The van der Waals surface area contributed by atoms with Gasteiger partial charge >= 0.3 is 0 Å². The van der Waals surface area contributed by atoms with Crippen molar-refractivity contribution in [3.05, 3.63) is 30.0 Å². The van der Waals surface area contributed by atoms with E-state index in [0.717, 1.165) is 0 Å². The molecule has 2 heteroatoms. The summed E-state index contributed by atoms with van der Waals surface area (Å²) >= 11 is 0. The van der Waals surface area contributed by atoms with Crippen LogP contribution in [0.25, 0.3) is 10.9 Å². The number of fused-ring (bicyclic) bond motifs is 1. The van der Waals surface area contributed by atoms with Crippen LogP contribution in [0, 0.1) is 0 Å². The minimum atomic E-state index is 0.184. The molecule has 1 aromatic heterocycles. The first-order valence-electron chi connectivity index (χ1n) is 5.68. The Balaban J connectivity index is 2.65. The van der Waals surface area contributed by atoms with Gasteiger partial charge in [-0.25, -0.2) is 0 Å². The molecule has 0 atom stereocenters. The summed E-state index contributed by atoms with van der Waals surface area (Å²) in [7, 11) is 4.15. The summed E-state index contributed by atoms with van der Waals surface area (Å²) in [4.78, 5) is 5.48. The second kappa shape index (κ2) is 3.55. The van der Waals surface area contributed by atoms with E-state index in [-0.39, 0.29) is 5.41 Å². The Morgan fingerprint density at radius 2 is 1.81 bits per heavy atom. The van der Waals surface area contributed by atoms with Crippen LogP contribution in [0.3, 0.4) is 0 Å². The molecule has 16 heavy (non-hydrogen) atoms. The van der Waals surface area contributed by atoms with Crippen LogP contribution in [0.4, 0.5) is 5.69 Å². The number of rotatable bonds is 1. The largest absolute Gasteiger partial charge is 0.378 e. The van der Waals surface area contributed by atoms with Crippen molar-refractivity contribution in [2.45, 2.75) is 26.2 Å². The van der Waals surface area contributed by atoms with E-state index in [1.807, 2.05) is 0 Å². The second-order valence-corrected chi connectivity index (χ2v) is 5.58. The fraction of sp³-hybridized carbons (Fsp3) is 0.429. The highest BCUT2D eigenvalue weighted by molar-refractivity contribution is 5.87. The van der Waals surface area contributed by atoms with Crippen molar-refractivity contribution in [1.29, 1.82) is 0 Å². The van der Waals surface area contributed by atoms with Crippen LogP contribution in [0.1, 0.15) is 26.3 Å². The quantitative estimate of drug-likeness (QED) is 0.772. The molecular weight excluding hydrogens is 196 g/mol. The molecule has 0 fully saturated rings. The van der Waals surface area contributed by atoms with E-state index in [1.165, 1.54) is 22.2 Å². The van der Waals surface area contributed by atoms with Gasteiger partial charge < -0.3 is 9.88 Å². The molecule has 0 aliphatic heterocycles. The standard InChI is InChI=1S/C14H20N2/c1-14(2,3)12-9-15-13-7-6-10(16(4)5)8-11(12)13/h6-9,15H,1-5H3. The Hall–Kier alpha value is -1.44. The molecule has 0 aliphatic rings. The lowest BCUT2D eigenvalue weighted by atomic mass is 9.87. The maximum absolute atomic E-state index is 3.34. The normalized spacial score (nSPS) is 12.1. The topological polar surface area (TPSA) is 19.0 Å². The van der Waals surface area contributed by atoms with Crippen LogP contribution in [0.5, 0.6) is 0 Å². The summed E-state index contributed by atoms with van der Waals surface area (Å²) in [6, 6.07) is 6.55. The van der Waals surface area contributed by atoms with E-state index in [2.05, 4.69) is 69.1 Å². The molecule has 2 nitrogen and oxygen atoms in total. The number of H-pyrrole nitrogens is 1. The number of nitrogens with one attached hydrogen (secondary N) is 1. The van der Waals surface area contributed by atoms with Crippen LogP contribution in [-0.4, -0.2) is 19.1 Å². The van der Waals surface area contributed by atoms with Crippen LogP contribution < -0.4 is 4.90 Å². The highest BCUT2D eigenvalue weighted by Gasteiger charge is 2.18. The van der Waals surface area contributed by atoms with Gasteiger partial charge in [-0.1, -0.05) is 20.8 Å². The first kappa shape index (κ1) is 11.1. The zero-order valence-electron chi connectivity index (χ0n) is 10.8. The molecule has 1 heterocycles. The molecule has 1 N–H and O–H groups in total. The summed E-state index contributed by atoms with van der Waals surface area (Å²) in [6.07, 6.45) is 2.13. The van der Waals surface area contributed by atoms with Gasteiger partial charge in [0, 0.05) is 36.9 Å². The lowest BCUT2D eigenvalue weighted by Gasteiger charge is -2.18. The number of anilines is 1. The van der Waals surface area contributed by atoms with Gasteiger partial charge in [0.1, 0.15) is 0 Å². The van der Waals surface area contributed by atoms with E-state index < -0.39 is 0 Å². The molecule has 0 unspecified atom stereocenters. The Labute approximate surface area is 97.3 Å². The van der Waals surface area contributed by atoms with Crippen molar-refractivity contribution in [2.24, 2.45) is 0 Å². The average molecular weight is 216 g/mol. The van der Waals surface area contributed by atoms with Crippen molar-refractivity contribution < 1.29 is 0 Å². The molecule has 2 rings (SSSR count). The van der Waals surface area contributed by atoms with Gasteiger partial charge in [0.2, 0.25) is 0 Å². The first-order valence-corrected chi connectivity index (χ1v) is 5.68. The molecule has 2 aromatic rings. The number of aromatic amines is 1. The van der Waals surface area contributed by atoms with Gasteiger partial charge in [0.25, 0.3) is 0 Å². The second-order valence-electron chi connectivity index (χ2n) is 5.58. The molecule has 0 bridgehead atoms. The fourth-order valence-corrected chi connectivity index (χ4v) is 2.01. The third-order valence-electron chi connectivity index (χ3n) is 2.99. The summed E-state index contributed by atoms with van der Waals surface area (Å²) < 4.78 is 0. The Morgan fingerprint density at radius 3 is 2.38 bits per heavy atom. The van der Waals surface area contributed by atoms with Crippen LogP contribution >= 0.6 is 0 Å². The highest BCUT2D eigenvalue weighted by atomic mass is 15.1. The first-order chi connectivity index (χ1) is 7.39. The lowest BCUT2D eigenvalue weighted by Crippen LogP contribution is -2.11. The summed E-state index contributed by atoms with van der Waals surface area (Å²) in [6.45, 7) is 6.74. The summed E-state index contributed by atoms with van der Waals surface area (Å²) in [5.41, 5.74) is 4.03. The maximum Gasteiger partial charge on any atom is 0.0458 e. The van der Waals surface area contributed by atoms with Gasteiger partial charge in [-0.05, 0) is 29.2 Å². The predicted molar refractivity (Wildman–Crippen MR) is 71.3 cm³/mol. The van der Waals surface area contributed by atoms with Crippen LogP contribution in [0.15, 0.2) is 24.4 Å². The molecule has 0 saturated heterocycles. The van der Waals surface area contributed by atoms with E-state index in [1.54, 1.807) is 0 Å². The van der Waals surface area contributed by atoms with Crippen molar-refractivity contribution in [3.63, 3.8) is 0 Å². The average Bonchev–Trinajstić information content (AvgIpc) is 2.58. The predicted octanol–water partition coefficient (Wildman–Crippen LogP) is 3.53. The Morgan fingerprint density at radius 1 is 1.12 bits per heavy atom. The molecule has 0 aliphatic carbocycles. The van der Waals surface area contributed by atoms with Gasteiger partial charge in [-0.3, -0.25) is 0 Å². The number of hydrogen-bond donors (Lipinski definition) is 1. The maximum atomic E-state index is 3.34. The number of aromatic nitrogens is 1. The SMILES string of the molecule is CN(C)c1ccc2[nH]cc(C(C)(C)C)c2c1. The van der Waals surface area contributed by atoms with Gasteiger partial charge in [-0.2, -0.15) is 0 Å². The number of nitrogens with zero attached hydrogens (tertiary/aromatic N) is 1. The van der Waals surface area contributed by atoms with Crippen molar-refractivity contribution in [1.82, 2.24) is 4.98 Å². The van der Waals surface area contributed by atoms with E-state index in [9.17, 15) is 0 Å². The molecule has 0 saturated carbocycles. The summed E-state index contributed by atoms with van der Waals surface area (Å²) in [5, 5.41) is 1.33. The molecule has 0 spiro atoms. The van der Waals surface area contributed by atoms with E-state index >= 15 is 0 Å². The smallest absolute Gasteiger partial charge is 0.0458 e. The molecular formula is C14H20N2. The van der Waals surface area contributed by atoms with E-state index in [4.69, 9.17) is 0 Å². The van der Waals surface area contributed by atoms with Gasteiger partial charge in [0.15, 0.2) is 0 Å². The number of benzene rings is 1.